The first-order chi connectivity index (χ1) is 9.07. The Kier molecular flexibility index (Phi) is 2.81. The van der Waals surface area contributed by atoms with Gasteiger partial charge in [0.2, 0.25) is 0 Å². The fourth-order valence-electron chi connectivity index (χ4n) is 2.27. The minimum absolute atomic E-state index is 0.469. The summed E-state index contributed by atoms with van der Waals surface area (Å²) >= 11 is 0. The highest BCUT2D eigenvalue weighted by Gasteiger charge is 2.42. The third-order valence-electron chi connectivity index (χ3n) is 4.19. The van der Waals surface area contributed by atoms with Crippen molar-refractivity contribution in [3.8, 4) is 11.4 Å². The molecule has 0 aliphatic heterocycles. The predicted molar refractivity (Wildman–Crippen MR) is 77.0 cm³/mol. The number of hydrogen-bond donors (Lipinski definition) is 2. The number of aromatic amines is 1. The van der Waals surface area contributed by atoms with Gasteiger partial charge in [-0.05, 0) is 44.2 Å². The van der Waals surface area contributed by atoms with Crippen LogP contribution >= 0.6 is 0 Å². The average Bonchev–Trinajstić information content (AvgIpc) is 2.99. The van der Waals surface area contributed by atoms with Crippen LogP contribution in [0.1, 0.15) is 32.5 Å². The zero-order valence-corrected chi connectivity index (χ0v) is 11.7. The molecule has 1 heterocycles. The maximum absolute atomic E-state index is 4.37. The van der Waals surface area contributed by atoms with Crippen molar-refractivity contribution in [2.24, 2.45) is 5.41 Å². The van der Waals surface area contributed by atoms with Crippen LogP contribution < -0.4 is 5.32 Å². The zero-order chi connectivity index (χ0) is 13.5. The molecule has 1 aromatic carbocycles. The maximum atomic E-state index is 4.37. The highest BCUT2D eigenvalue weighted by atomic mass is 15.2. The van der Waals surface area contributed by atoms with E-state index >= 15 is 0 Å². The lowest BCUT2D eigenvalue weighted by Crippen LogP contribution is -2.24. The number of H-pyrrole nitrogens is 1. The molecule has 0 bridgehead atoms. The van der Waals surface area contributed by atoms with Gasteiger partial charge in [0.25, 0.3) is 0 Å². The Labute approximate surface area is 113 Å². The Morgan fingerprint density at radius 1 is 1.37 bits per heavy atom. The Balaban J connectivity index is 1.80. The fraction of sp³-hybridized carbons (Fsp3) is 0.467. The highest BCUT2D eigenvalue weighted by Crippen LogP contribution is 2.48. The molecule has 0 spiro atoms. The van der Waals surface area contributed by atoms with Gasteiger partial charge >= 0.3 is 0 Å². The number of hydrogen-bond acceptors (Lipinski definition) is 3. The molecule has 2 N–H and O–H groups in total. The Morgan fingerprint density at radius 3 is 2.79 bits per heavy atom. The van der Waals surface area contributed by atoms with Gasteiger partial charge in [0.05, 0.1) is 0 Å². The normalized spacial score (nSPS) is 18.1. The third kappa shape index (κ3) is 2.48. The van der Waals surface area contributed by atoms with Crippen LogP contribution in [-0.4, -0.2) is 21.2 Å². The second-order valence-electron chi connectivity index (χ2n) is 5.85. The molecule has 4 heteroatoms. The van der Waals surface area contributed by atoms with Crippen LogP contribution in [0.4, 0.5) is 5.69 Å². The minimum atomic E-state index is 0.469. The molecule has 1 unspecified atom stereocenters. The van der Waals surface area contributed by atoms with Crippen LogP contribution in [0, 0.1) is 12.3 Å². The van der Waals surface area contributed by atoms with Crippen molar-refractivity contribution >= 4 is 5.69 Å². The van der Waals surface area contributed by atoms with Gasteiger partial charge < -0.3 is 5.32 Å². The van der Waals surface area contributed by atoms with E-state index < -0.39 is 0 Å². The standard InChI is InChI=1S/C15H20N4/c1-10(15(3)7-8-15)16-13-6-4-5-12(9-13)14-17-11(2)18-19-14/h4-6,9-10,16H,7-8H2,1-3H3,(H,17,18,19). The molecule has 100 valence electrons. The third-order valence-corrected chi connectivity index (χ3v) is 4.19. The van der Waals surface area contributed by atoms with Gasteiger partial charge in [-0.15, -0.1) is 0 Å². The molecule has 0 saturated heterocycles. The smallest absolute Gasteiger partial charge is 0.181 e. The molecule has 1 fully saturated rings. The summed E-state index contributed by atoms with van der Waals surface area (Å²) in [7, 11) is 0. The van der Waals surface area contributed by atoms with Gasteiger partial charge in [0.15, 0.2) is 5.82 Å². The summed E-state index contributed by atoms with van der Waals surface area (Å²) in [6.07, 6.45) is 2.64. The average molecular weight is 256 g/mol. The molecule has 19 heavy (non-hydrogen) atoms. The van der Waals surface area contributed by atoms with Gasteiger partial charge in [-0.3, -0.25) is 5.10 Å². The number of rotatable bonds is 4. The quantitative estimate of drug-likeness (QED) is 0.881. The topological polar surface area (TPSA) is 53.6 Å². The van der Waals surface area contributed by atoms with Crippen LogP contribution in [0.5, 0.6) is 0 Å². The molecular weight excluding hydrogens is 236 g/mol. The highest BCUT2D eigenvalue weighted by molar-refractivity contribution is 5.62. The van der Waals surface area contributed by atoms with E-state index in [9.17, 15) is 0 Å². The van der Waals surface area contributed by atoms with Crippen molar-refractivity contribution in [1.29, 1.82) is 0 Å². The van der Waals surface area contributed by atoms with Crippen molar-refractivity contribution < 1.29 is 0 Å². The monoisotopic (exact) mass is 256 g/mol. The van der Waals surface area contributed by atoms with Gasteiger partial charge in [-0.1, -0.05) is 19.1 Å². The summed E-state index contributed by atoms with van der Waals surface area (Å²) in [6, 6.07) is 8.80. The summed E-state index contributed by atoms with van der Waals surface area (Å²) in [4.78, 5) is 4.37. The van der Waals surface area contributed by atoms with Crippen LogP contribution in [0.15, 0.2) is 24.3 Å². The van der Waals surface area contributed by atoms with Crippen molar-refractivity contribution in [3.63, 3.8) is 0 Å². The Morgan fingerprint density at radius 2 is 2.16 bits per heavy atom. The van der Waals surface area contributed by atoms with Gasteiger partial charge in [-0.25, -0.2) is 4.98 Å². The molecule has 1 aromatic heterocycles. The maximum Gasteiger partial charge on any atom is 0.181 e. The van der Waals surface area contributed by atoms with Crippen molar-refractivity contribution in [2.45, 2.75) is 39.7 Å². The first-order valence-electron chi connectivity index (χ1n) is 6.83. The molecule has 4 nitrogen and oxygen atoms in total. The molecule has 1 aliphatic carbocycles. The number of nitrogens with one attached hydrogen (secondary N) is 2. The Bertz CT molecular complexity index is 583. The van der Waals surface area contributed by atoms with E-state index in [0.29, 0.717) is 11.5 Å². The van der Waals surface area contributed by atoms with Crippen molar-refractivity contribution in [3.05, 3.63) is 30.1 Å². The molecular formula is C15H20N4. The van der Waals surface area contributed by atoms with Crippen LogP contribution in [0.25, 0.3) is 11.4 Å². The molecule has 0 radical (unpaired) electrons. The SMILES string of the molecule is Cc1nc(-c2cccc(NC(C)C3(C)CC3)c2)n[nH]1. The number of benzene rings is 1. The van der Waals surface area contributed by atoms with Gasteiger partial charge in [0.1, 0.15) is 5.82 Å². The number of aryl methyl sites for hydroxylation is 1. The molecule has 1 aliphatic rings. The van der Waals surface area contributed by atoms with Crippen LogP contribution in [0.3, 0.4) is 0 Å². The summed E-state index contributed by atoms with van der Waals surface area (Å²) in [5.74, 6) is 1.60. The number of aromatic nitrogens is 3. The lowest BCUT2D eigenvalue weighted by molar-refractivity contribution is 0.493. The van der Waals surface area contributed by atoms with E-state index in [-0.39, 0.29) is 0 Å². The summed E-state index contributed by atoms with van der Waals surface area (Å²) in [5, 5.41) is 10.7. The van der Waals surface area contributed by atoms with E-state index in [1.54, 1.807) is 0 Å². The van der Waals surface area contributed by atoms with E-state index in [1.165, 1.54) is 12.8 Å². The largest absolute Gasteiger partial charge is 0.382 e. The van der Waals surface area contributed by atoms with Gasteiger partial charge in [0, 0.05) is 17.3 Å². The van der Waals surface area contributed by atoms with E-state index in [0.717, 1.165) is 22.9 Å². The molecule has 3 rings (SSSR count). The molecule has 0 amide bonds. The second kappa shape index (κ2) is 4.37. The predicted octanol–water partition coefficient (Wildman–Crippen LogP) is 3.38. The first-order valence-corrected chi connectivity index (χ1v) is 6.83. The van der Waals surface area contributed by atoms with Gasteiger partial charge in [-0.2, -0.15) is 5.10 Å². The van der Waals surface area contributed by atoms with Crippen molar-refractivity contribution in [2.75, 3.05) is 5.32 Å². The van der Waals surface area contributed by atoms with Crippen LogP contribution in [-0.2, 0) is 0 Å². The summed E-state index contributed by atoms with van der Waals surface area (Å²) in [6.45, 7) is 6.51. The number of nitrogens with zero attached hydrogens (tertiary/aromatic N) is 2. The van der Waals surface area contributed by atoms with Crippen molar-refractivity contribution in [1.82, 2.24) is 15.2 Å². The first kappa shape index (κ1) is 12.2. The molecule has 1 saturated carbocycles. The number of anilines is 1. The summed E-state index contributed by atoms with van der Waals surface area (Å²) in [5.41, 5.74) is 2.65. The molecule has 2 aromatic rings. The second-order valence-corrected chi connectivity index (χ2v) is 5.85. The fourth-order valence-corrected chi connectivity index (χ4v) is 2.27. The van der Waals surface area contributed by atoms with E-state index in [4.69, 9.17) is 0 Å². The van der Waals surface area contributed by atoms with E-state index in [1.807, 2.05) is 19.1 Å². The van der Waals surface area contributed by atoms with Crippen LogP contribution in [0.2, 0.25) is 0 Å². The zero-order valence-electron chi connectivity index (χ0n) is 11.7. The van der Waals surface area contributed by atoms with E-state index in [2.05, 4.69) is 46.5 Å². The minimum Gasteiger partial charge on any atom is -0.382 e. The summed E-state index contributed by atoms with van der Waals surface area (Å²) < 4.78 is 0. The molecule has 1 atom stereocenters. The lowest BCUT2D eigenvalue weighted by Gasteiger charge is -2.21. The Hall–Kier alpha value is -1.84. The lowest BCUT2D eigenvalue weighted by atomic mass is 10.0.